The van der Waals surface area contributed by atoms with Gasteiger partial charge < -0.3 is 9.79 Å². The van der Waals surface area contributed by atoms with Crippen LogP contribution < -0.4 is 0 Å². The number of hydrogen-bond donors (Lipinski definition) is 3. The summed E-state index contributed by atoms with van der Waals surface area (Å²) in [4.78, 5) is 17.3. The highest BCUT2D eigenvalue weighted by Gasteiger charge is 2.27. The van der Waals surface area contributed by atoms with Crippen LogP contribution in [0.5, 0.6) is 0 Å². The third kappa shape index (κ3) is 6.17. The van der Waals surface area contributed by atoms with Gasteiger partial charge in [-0.3, -0.25) is 9.12 Å². The molecule has 0 saturated heterocycles. The fourth-order valence-electron chi connectivity index (χ4n) is 0.766. The minimum Gasteiger partial charge on any atom is -0.324 e. The van der Waals surface area contributed by atoms with Crippen molar-refractivity contribution in [1.29, 1.82) is 0 Å². The molecule has 1 radical (unpaired) electrons. The first-order valence-electron chi connectivity index (χ1n) is 3.46. The summed E-state index contributed by atoms with van der Waals surface area (Å²) in [6, 6.07) is 0. The third-order valence-electron chi connectivity index (χ3n) is 1.52. The van der Waals surface area contributed by atoms with Crippen LogP contribution in [0, 0.1) is 6.92 Å². The molecule has 0 aliphatic carbocycles. The fraction of sp³-hybridized carbons (Fsp3) is 0.800. The molecule has 0 saturated carbocycles. The molecule has 0 bridgehead atoms. The Labute approximate surface area is 76.9 Å². The van der Waals surface area contributed by atoms with Crippen molar-refractivity contribution < 1.29 is 27.3 Å². The predicted octanol–water partition coefficient (Wildman–Crippen LogP) is 0.0348. The van der Waals surface area contributed by atoms with E-state index in [0.29, 0.717) is 0 Å². The van der Waals surface area contributed by atoms with Gasteiger partial charge in [0.05, 0.1) is 11.4 Å². The summed E-state index contributed by atoms with van der Waals surface area (Å²) >= 11 is 0. The normalized spacial score (nSPS) is 15.7. The zero-order valence-electron chi connectivity index (χ0n) is 6.83. The van der Waals surface area contributed by atoms with Gasteiger partial charge in [-0.2, -0.15) is 8.42 Å². The van der Waals surface area contributed by atoms with Crippen LogP contribution in [0.1, 0.15) is 12.8 Å². The lowest BCUT2D eigenvalue weighted by Crippen LogP contribution is -2.14. The molecular formula is C5H12O6PS. The molecule has 8 heteroatoms. The van der Waals surface area contributed by atoms with E-state index in [4.69, 9.17) is 14.3 Å². The SMILES string of the molecule is [CH2]CC(CCS(=O)(=O)O)P(=O)(O)O. The van der Waals surface area contributed by atoms with Gasteiger partial charge in [-0.25, -0.2) is 0 Å². The summed E-state index contributed by atoms with van der Waals surface area (Å²) < 4.78 is 39.5. The topological polar surface area (TPSA) is 112 Å². The minimum absolute atomic E-state index is 0.0696. The first-order chi connectivity index (χ1) is 5.67. The van der Waals surface area contributed by atoms with Crippen molar-refractivity contribution in [1.82, 2.24) is 0 Å². The van der Waals surface area contributed by atoms with Crippen molar-refractivity contribution in [3.05, 3.63) is 6.92 Å². The van der Waals surface area contributed by atoms with Crippen LogP contribution in [-0.2, 0) is 14.7 Å². The zero-order chi connectivity index (χ0) is 10.7. The highest BCUT2D eigenvalue weighted by atomic mass is 32.2. The number of rotatable bonds is 5. The Bertz CT molecular complexity index is 290. The summed E-state index contributed by atoms with van der Waals surface area (Å²) in [6.07, 6.45) is -0.355. The maximum Gasteiger partial charge on any atom is 0.328 e. The molecule has 0 aromatic carbocycles. The van der Waals surface area contributed by atoms with Gasteiger partial charge in [0.1, 0.15) is 0 Å². The lowest BCUT2D eigenvalue weighted by Gasteiger charge is -2.14. The van der Waals surface area contributed by atoms with Gasteiger partial charge in [0.25, 0.3) is 10.1 Å². The Balaban J connectivity index is 4.26. The Kier molecular flexibility index (Phi) is 4.54. The monoisotopic (exact) mass is 231 g/mol. The first-order valence-corrected chi connectivity index (χ1v) is 6.75. The summed E-state index contributed by atoms with van der Waals surface area (Å²) in [5.41, 5.74) is -1.10. The summed E-state index contributed by atoms with van der Waals surface area (Å²) in [5.74, 6) is -0.654. The Morgan fingerprint density at radius 1 is 1.38 bits per heavy atom. The molecule has 3 N–H and O–H groups in total. The van der Waals surface area contributed by atoms with E-state index in [1.807, 2.05) is 0 Å². The molecule has 6 nitrogen and oxygen atoms in total. The minimum atomic E-state index is -4.30. The zero-order valence-corrected chi connectivity index (χ0v) is 8.54. The molecule has 0 aromatic rings. The molecule has 1 atom stereocenters. The van der Waals surface area contributed by atoms with Gasteiger partial charge in [-0.1, -0.05) is 6.92 Å². The molecule has 0 fully saturated rings. The number of hydrogen-bond acceptors (Lipinski definition) is 3. The van der Waals surface area contributed by atoms with E-state index in [0.717, 1.165) is 0 Å². The smallest absolute Gasteiger partial charge is 0.324 e. The highest BCUT2D eigenvalue weighted by molar-refractivity contribution is 7.85. The molecule has 0 aliphatic rings. The van der Waals surface area contributed by atoms with Gasteiger partial charge in [0, 0.05) is 0 Å². The molecule has 0 aromatic heterocycles. The van der Waals surface area contributed by atoms with Gasteiger partial charge >= 0.3 is 7.60 Å². The van der Waals surface area contributed by atoms with E-state index < -0.39 is 29.1 Å². The van der Waals surface area contributed by atoms with E-state index in [1.165, 1.54) is 0 Å². The first kappa shape index (κ1) is 13.1. The quantitative estimate of drug-likeness (QED) is 0.454. The average molecular weight is 231 g/mol. The van der Waals surface area contributed by atoms with Crippen molar-refractivity contribution in [3.8, 4) is 0 Å². The lowest BCUT2D eigenvalue weighted by molar-refractivity contribution is 0.355. The Morgan fingerprint density at radius 3 is 2.08 bits per heavy atom. The Morgan fingerprint density at radius 2 is 1.85 bits per heavy atom. The van der Waals surface area contributed by atoms with Crippen molar-refractivity contribution in [2.75, 3.05) is 5.75 Å². The molecule has 1 unspecified atom stereocenters. The average Bonchev–Trinajstić information content (AvgIpc) is 1.82. The molecule has 13 heavy (non-hydrogen) atoms. The van der Waals surface area contributed by atoms with Gasteiger partial charge in [-0.15, -0.1) is 0 Å². The fourth-order valence-corrected chi connectivity index (χ4v) is 2.32. The largest absolute Gasteiger partial charge is 0.328 e. The highest BCUT2D eigenvalue weighted by Crippen LogP contribution is 2.44. The van der Waals surface area contributed by atoms with E-state index in [2.05, 4.69) is 6.92 Å². The maximum atomic E-state index is 10.7. The van der Waals surface area contributed by atoms with Crippen LogP contribution >= 0.6 is 7.60 Å². The third-order valence-corrected chi connectivity index (χ3v) is 3.74. The lowest BCUT2D eigenvalue weighted by atomic mass is 10.3. The van der Waals surface area contributed by atoms with E-state index in [9.17, 15) is 13.0 Å². The van der Waals surface area contributed by atoms with Crippen LogP contribution in [0.15, 0.2) is 0 Å². The van der Waals surface area contributed by atoms with Crippen molar-refractivity contribution in [3.63, 3.8) is 0 Å². The van der Waals surface area contributed by atoms with Crippen LogP contribution in [0.2, 0.25) is 0 Å². The van der Waals surface area contributed by atoms with Crippen LogP contribution in [0.25, 0.3) is 0 Å². The van der Waals surface area contributed by atoms with E-state index in [1.54, 1.807) is 0 Å². The van der Waals surface area contributed by atoms with Gasteiger partial charge in [-0.05, 0) is 12.8 Å². The van der Waals surface area contributed by atoms with Gasteiger partial charge in [0.15, 0.2) is 0 Å². The molecule has 0 spiro atoms. The molecule has 0 heterocycles. The second-order valence-corrected chi connectivity index (χ2v) is 6.09. The molecule has 0 amide bonds. The summed E-state index contributed by atoms with van der Waals surface area (Å²) in [5, 5.41) is 0. The van der Waals surface area contributed by atoms with Gasteiger partial charge in [0.2, 0.25) is 0 Å². The summed E-state index contributed by atoms with van der Waals surface area (Å²) in [6.45, 7) is 3.28. The Hall–Kier alpha value is 0.0600. The van der Waals surface area contributed by atoms with Crippen LogP contribution in [0.4, 0.5) is 0 Å². The van der Waals surface area contributed by atoms with Crippen molar-refractivity contribution in [2.24, 2.45) is 0 Å². The molecule has 0 aliphatic heterocycles. The van der Waals surface area contributed by atoms with Crippen LogP contribution in [0.3, 0.4) is 0 Å². The van der Waals surface area contributed by atoms with Crippen molar-refractivity contribution >= 4 is 17.7 Å². The molecular weight excluding hydrogens is 219 g/mol. The van der Waals surface area contributed by atoms with Crippen LogP contribution in [-0.4, -0.2) is 34.2 Å². The van der Waals surface area contributed by atoms with E-state index in [-0.39, 0.29) is 12.8 Å². The maximum absolute atomic E-state index is 10.7. The second kappa shape index (κ2) is 4.52. The molecule has 0 rings (SSSR count). The van der Waals surface area contributed by atoms with Crippen molar-refractivity contribution in [2.45, 2.75) is 18.5 Å². The summed E-state index contributed by atoms with van der Waals surface area (Å²) in [7, 11) is -8.46. The van der Waals surface area contributed by atoms with E-state index >= 15 is 0 Å². The second-order valence-electron chi connectivity index (χ2n) is 2.61. The standard InChI is InChI=1S/C5H12O6PS/c1-2-5(12(6,7)8)3-4-13(9,10)11/h5H,1-4H2,(H2,6,7,8)(H,9,10,11). The molecule has 79 valence electrons. The predicted molar refractivity (Wildman–Crippen MR) is 46.8 cm³/mol.